The molecule has 0 aliphatic carbocycles. The minimum absolute atomic E-state index is 0.314. The second-order valence-electron chi connectivity index (χ2n) is 1.19. The minimum Gasteiger partial charge on any atom is -0.364 e. The maximum Gasteiger partial charge on any atom is 0.330 e. The molecule has 0 heterocycles. The second kappa shape index (κ2) is 3.90. The summed E-state index contributed by atoms with van der Waals surface area (Å²) in [5, 5.41) is 2.88. The first kappa shape index (κ1) is 7.96. The lowest BCUT2D eigenvalue weighted by Crippen LogP contribution is -2.47. The highest BCUT2D eigenvalue weighted by molar-refractivity contribution is 7.80. The topological polar surface area (TPSA) is 79.2 Å². The van der Waals surface area contributed by atoms with Crippen LogP contribution < -0.4 is 21.9 Å². The van der Waals surface area contributed by atoms with Crippen molar-refractivity contribution in [3.05, 3.63) is 0 Å². The van der Waals surface area contributed by atoms with Gasteiger partial charge in [-0.2, -0.15) is 0 Å². The number of amides is 2. The largest absolute Gasteiger partial charge is 0.364 e. The Morgan fingerprint density at radius 3 is 2.44 bits per heavy atom. The molecule has 0 aliphatic rings. The lowest BCUT2D eigenvalue weighted by Gasteiger charge is -2.04. The van der Waals surface area contributed by atoms with Gasteiger partial charge in [0.25, 0.3) is 0 Å². The van der Waals surface area contributed by atoms with Crippen LogP contribution in [0.1, 0.15) is 0 Å². The molecule has 0 aromatic heterocycles. The van der Waals surface area contributed by atoms with Gasteiger partial charge in [0.1, 0.15) is 0 Å². The van der Waals surface area contributed by atoms with E-state index in [-0.39, 0.29) is 0 Å². The molecule has 52 valence electrons. The summed E-state index contributed by atoms with van der Waals surface area (Å²) >= 11 is 4.58. The third-order valence-corrected chi connectivity index (χ3v) is 0.832. The number of hydrogen-bond donors (Lipinski definition) is 4. The molecule has 0 rings (SSSR count). The van der Waals surface area contributed by atoms with Crippen LogP contribution in [-0.4, -0.2) is 18.2 Å². The van der Waals surface area contributed by atoms with Gasteiger partial charge in [-0.15, -0.1) is 0 Å². The molecule has 0 aromatic rings. The van der Waals surface area contributed by atoms with E-state index in [1.165, 1.54) is 0 Å². The fraction of sp³-hybridized carbons (Fsp3) is 0.333. The van der Waals surface area contributed by atoms with E-state index >= 15 is 0 Å². The Hall–Kier alpha value is -1.04. The Kier molecular flexibility index (Phi) is 3.45. The van der Waals surface area contributed by atoms with E-state index in [9.17, 15) is 4.79 Å². The summed E-state index contributed by atoms with van der Waals surface area (Å²) in [7, 11) is 1.62. The Morgan fingerprint density at radius 2 is 2.11 bits per heavy atom. The number of hydrogen-bond acceptors (Lipinski definition) is 2. The van der Waals surface area contributed by atoms with Crippen LogP contribution in [0.15, 0.2) is 0 Å². The van der Waals surface area contributed by atoms with Crippen molar-refractivity contribution in [2.24, 2.45) is 5.73 Å². The van der Waals surface area contributed by atoms with E-state index < -0.39 is 6.03 Å². The standard InChI is InChI=1S/C3H8N4OS/c1-5-3(9)7-6-2(4)8/h1H3,(H3,4,6,8)(H2,5,7,9). The molecule has 0 saturated carbocycles. The number of carbonyl (C=O) groups is 1. The summed E-state index contributed by atoms with van der Waals surface area (Å²) < 4.78 is 0. The van der Waals surface area contributed by atoms with Crippen molar-refractivity contribution in [3.8, 4) is 0 Å². The smallest absolute Gasteiger partial charge is 0.330 e. The van der Waals surface area contributed by atoms with E-state index in [2.05, 4.69) is 28.4 Å². The molecule has 0 spiro atoms. The lowest BCUT2D eigenvalue weighted by atomic mass is 11.0. The van der Waals surface area contributed by atoms with Crippen LogP contribution in [0.4, 0.5) is 4.79 Å². The molecule has 5 N–H and O–H groups in total. The number of thiocarbonyl (C=S) groups is 1. The van der Waals surface area contributed by atoms with Crippen molar-refractivity contribution >= 4 is 23.4 Å². The highest BCUT2D eigenvalue weighted by Crippen LogP contribution is 1.56. The van der Waals surface area contributed by atoms with Gasteiger partial charge >= 0.3 is 6.03 Å². The van der Waals surface area contributed by atoms with E-state index in [1.54, 1.807) is 7.05 Å². The minimum atomic E-state index is -0.674. The van der Waals surface area contributed by atoms with E-state index in [4.69, 9.17) is 5.73 Å². The number of primary amides is 1. The van der Waals surface area contributed by atoms with Crippen molar-refractivity contribution in [2.45, 2.75) is 0 Å². The van der Waals surface area contributed by atoms with Crippen molar-refractivity contribution in [1.29, 1.82) is 0 Å². The number of urea groups is 1. The molecule has 0 aromatic carbocycles. The van der Waals surface area contributed by atoms with Gasteiger partial charge in [0.2, 0.25) is 0 Å². The van der Waals surface area contributed by atoms with E-state index in [0.29, 0.717) is 5.11 Å². The highest BCUT2D eigenvalue weighted by Gasteiger charge is 1.89. The van der Waals surface area contributed by atoms with Crippen molar-refractivity contribution < 1.29 is 4.79 Å². The number of nitrogens with one attached hydrogen (secondary N) is 3. The van der Waals surface area contributed by atoms with Gasteiger partial charge in [-0.05, 0) is 12.2 Å². The Bertz CT molecular complexity index is 125. The molecule has 2 amide bonds. The Balaban J connectivity index is 3.28. The number of nitrogens with two attached hydrogens (primary N) is 1. The molecule has 6 heteroatoms. The lowest BCUT2D eigenvalue weighted by molar-refractivity contribution is 0.247. The average Bonchev–Trinajstić information content (AvgIpc) is 1.83. The zero-order chi connectivity index (χ0) is 7.28. The van der Waals surface area contributed by atoms with Crippen LogP contribution in [0.5, 0.6) is 0 Å². The van der Waals surface area contributed by atoms with Gasteiger partial charge in [0.05, 0.1) is 0 Å². The third-order valence-electron chi connectivity index (χ3n) is 0.526. The molecule has 0 saturated heterocycles. The van der Waals surface area contributed by atoms with Gasteiger partial charge < -0.3 is 11.1 Å². The SMILES string of the molecule is CNC(=S)NNC(N)=O. The van der Waals surface area contributed by atoms with Crippen molar-refractivity contribution in [2.75, 3.05) is 7.05 Å². The van der Waals surface area contributed by atoms with Gasteiger partial charge in [-0.1, -0.05) is 0 Å². The Labute approximate surface area is 57.9 Å². The monoisotopic (exact) mass is 148 g/mol. The first-order valence-electron chi connectivity index (χ1n) is 2.20. The summed E-state index contributed by atoms with van der Waals surface area (Å²) in [6, 6.07) is -0.674. The zero-order valence-corrected chi connectivity index (χ0v) is 5.71. The van der Waals surface area contributed by atoms with Crippen LogP contribution in [0, 0.1) is 0 Å². The van der Waals surface area contributed by atoms with Crippen LogP contribution in [0.2, 0.25) is 0 Å². The molecule has 0 radical (unpaired) electrons. The van der Waals surface area contributed by atoms with Crippen LogP contribution >= 0.6 is 12.2 Å². The quantitative estimate of drug-likeness (QED) is 0.253. The zero-order valence-electron chi connectivity index (χ0n) is 4.89. The van der Waals surface area contributed by atoms with Crippen LogP contribution in [0.3, 0.4) is 0 Å². The number of carbonyl (C=O) groups excluding carboxylic acids is 1. The van der Waals surface area contributed by atoms with Gasteiger partial charge in [-0.3, -0.25) is 5.43 Å². The third kappa shape index (κ3) is 4.82. The predicted octanol–water partition coefficient (Wildman–Crippen LogP) is -1.34. The summed E-state index contributed by atoms with van der Waals surface area (Å²) in [4.78, 5) is 9.98. The van der Waals surface area contributed by atoms with E-state index in [1.807, 2.05) is 0 Å². The van der Waals surface area contributed by atoms with Crippen molar-refractivity contribution in [3.63, 3.8) is 0 Å². The summed E-state index contributed by atoms with van der Waals surface area (Å²) in [6.45, 7) is 0. The summed E-state index contributed by atoms with van der Waals surface area (Å²) in [5.41, 5.74) is 9.10. The molecule has 0 bridgehead atoms. The second-order valence-corrected chi connectivity index (χ2v) is 1.60. The fourth-order valence-corrected chi connectivity index (χ4v) is 0.232. The summed E-state index contributed by atoms with van der Waals surface area (Å²) in [6.07, 6.45) is 0. The fourth-order valence-electron chi connectivity index (χ4n) is 0.181. The first-order valence-corrected chi connectivity index (χ1v) is 2.61. The highest BCUT2D eigenvalue weighted by atomic mass is 32.1. The summed E-state index contributed by atoms with van der Waals surface area (Å²) in [5.74, 6) is 0. The number of rotatable bonds is 0. The van der Waals surface area contributed by atoms with Gasteiger partial charge in [-0.25, -0.2) is 10.2 Å². The molecule has 0 unspecified atom stereocenters. The predicted molar refractivity (Wildman–Crippen MR) is 37.5 cm³/mol. The molecule has 0 atom stereocenters. The first-order chi connectivity index (χ1) is 4.16. The van der Waals surface area contributed by atoms with Crippen molar-refractivity contribution in [1.82, 2.24) is 16.2 Å². The van der Waals surface area contributed by atoms with Crippen LogP contribution in [-0.2, 0) is 0 Å². The molecular formula is C3H8N4OS. The maximum atomic E-state index is 9.98. The molecule has 5 nitrogen and oxygen atoms in total. The number of hydrazine groups is 1. The Morgan fingerprint density at radius 1 is 1.56 bits per heavy atom. The molecule has 9 heavy (non-hydrogen) atoms. The molecule has 0 aliphatic heterocycles. The maximum absolute atomic E-state index is 9.98. The molecule has 0 fully saturated rings. The average molecular weight is 148 g/mol. The van der Waals surface area contributed by atoms with Gasteiger partial charge in [0, 0.05) is 7.05 Å². The normalized spacial score (nSPS) is 7.67. The van der Waals surface area contributed by atoms with Gasteiger partial charge in [0.15, 0.2) is 5.11 Å². The van der Waals surface area contributed by atoms with Crippen LogP contribution in [0.25, 0.3) is 0 Å². The molecular weight excluding hydrogens is 140 g/mol. The van der Waals surface area contributed by atoms with E-state index in [0.717, 1.165) is 0 Å².